The second kappa shape index (κ2) is 5.14. The van der Waals surface area contributed by atoms with Crippen molar-refractivity contribution in [3.8, 4) is 0 Å². The van der Waals surface area contributed by atoms with E-state index in [2.05, 4.69) is 34.8 Å². The molecule has 2 aliphatic heterocycles. The summed E-state index contributed by atoms with van der Waals surface area (Å²) in [5.41, 5.74) is 5.50. The molecule has 2 amide bonds. The van der Waals surface area contributed by atoms with Gasteiger partial charge in [0.15, 0.2) is 0 Å². The molecule has 2 N–H and O–H groups in total. The molecule has 0 spiro atoms. The van der Waals surface area contributed by atoms with Crippen molar-refractivity contribution in [1.29, 1.82) is 0 Å². The Hall–Kier alpha value is -3.67. The van der Waals surface area contributed by atoms with E-state index in [0.717, 1.165) is 45.7 Å². The molecule has 2 aliphatic rings. The van der Waals surface area contributed by atoms with Crippen LogP contribution in [0.25, 0.3) is 43.6 Å². The van der Waals surface area contributed by atoms with Crippen molar-refractivity contribution in [2.45, 2.75) is 26.8 Å². The molecule has 0 bridgehead atoms. The first-order valence-electron chi connectivity index (χ1n) is 10.4. The molecule has 152 valence electrons. The minimum absolute atomic E-state index is 0.0365. The largest absolute Gasteiger partial charge is 0.353 e. The highest BCUT2D eigenvalue weighted by Crippen LogP contribution is 2.47. The molecule has 6 heteroatoms. The van der Waals surface area contributed by atoms with Gasteiger partial charge in [-0.25, -0.2) is 4.39 Å². The summed E-state index contributed by atoms with van der Waals surface area (Å²) >= 11 is 0. The molecule has 0 radical (unpaired) electrons. The molecular weight excluding hydrogens is 393 g/mol. The van der Waals surface area contributed by atoms with Gasteiger partial charge in [0.1, 0.15) is 5.82 Å². The number of para-hydroxylation sites is 1. The number of carbonyl (C=O) groups is 2. The number of carbonyl (C=O) groups excluding carboxylic acids is 2. The number of halogens is 1. The third kappa shape index (κ3) is 1.95. The number of nitrogens with zero attached hydrogens (tertiary/aromatic N) is 1. The number of hydrogen-bond donors (Lipinski definition) is 2. The van der Waals surface area contributed by atoms with Crippen LogP contribution < -0.4 is 5.32 Å². The van der Waals surface area contributed by atoms with Crippen LogP contribution in [0.4, 0.5) is 4.39 Å². The molecule has 0 saturated carbocycles. The van der Waals surface area contributed by atoms with Crippen LogP contribution in [0, 0.1) is 11.2 Å². The molecule has 0 atom stereocenters. The maximum atomic E-state index is 14.0. The van der Waals surface area contributed by atoms with Crippen LogP contribution in [0.3, 0.4) is 0 Å². The van der Waals surface area contributed by atoms with E-state index in [1.807, 2.05) is 12.1 Å². The predicted molar refractivity (Wildman–Crippen MR) is 118 cm³/mol. The van der Waals surface area contributed by atoms with E-state index in [9.17, 15) is 14.0 Å². The minimum Gasteiger partial charge on any atom is -0.353 e. The van der Waals surface area contributed by atoms with Crippen LogP contribution in [0.1, 0.15) is 40.1 Å². The van der Waals surface area contributed by atoms with E-state index < -0.39 is 5.91 Å². The van der Waals surface area contributed by atoms with E-state index in [-0.39, 0.29) is 17.1 Å². The fraction of sp³-hybridized carbons (Fsp3) is 0.200. The number of hydrogen-bond acceptors (Lipinski definition) is 2. The third-order valence-corrected chi connectivity index (χ3v) is 6.85. The number of H-pyrrole nitrogens is 1. The zero-order chi connectivity index (χ0) is 21.2. The van der Waals surface area contributed by atoms with Gasteiger partial charge in [-0.15, -0.1) is 0 Å². The second-order valence-corrected chi connectivity index (χ2v) is 9.56. The van der Waals surface area contributed by atoms with Gasteiger partial charge in [0.2, 0.25) is 0 Å². The second-order valence-electron chi connectivity index (χ2n) is 9.56. The maximum Gasteiger partial charge on any atom is 0.259 e. The maximum absolute atomic E-state index is 14.0. The fourth-order valence-corrected chi connectivity index (χ4v) is 5.84. The summed E-state index contributed by atoms with van der Waals surface area (Å²) in [5.74, 6) is -1.12. The van der Waals surface area contributed by atoms with Gasteiger partial charge in [-0.1, -0.05) is 32.0 Å². The molecule has 0 fully saturated rings. The van der Waals surface area contributed by atoms with Crippen molar-refractivity contribution in [3.63, 3.8) is 0 Å². The number of rotatable bonds is 0. The Labute approximate surface area is 175 Å². The van der Waals surface area contributed by atoms with E-state index in [1.54, 1.807) is 6.07 Å². The van der Waals surface area contributed by atoms with Gasteiger partial charge < -0.3 is 9.55 Å². The lowest BCUT2D eigenvalue weighted by molar-refractivity contribution is 0.0880. The van der Waals surface area contributed by atoms with Gasteiger partial charge in [0, 0.05) is 33.6 Å². The van der Waals surface area contributed by atoms with Crippen molar-refractivity contribution in [3.05, 3.63) is 58.9 Å². The first-order chi connectivity index (χ1) is 14.8. The van der Waals surface area contributed by atoms with E-state index in [0.29, 0.717) is 22.0 Å². The van der Waals surface area contributed by atoms with Crippen molar-refractivity contribution in [2.75, 3.05) is 0 Å². The molecule has 0 saturated heterocycles. The molecule has 7 rings (SSSR count). The molecule has 5 nitrogen and oxygen atoms in total. The van der Waals surface area contributed by atoms with Crippen LogP contribution in [0.5, 0.6) is 0 Å². The molecule has 2 aromatic heterocycles. The van der Waals surface area contributed by atoms with E-state index >= 15 is 0 Å². The number of aromatic nitrogens is 2. The van der Waals surface area contributed by atoms with Gasteiger partial charge in [-0.2, -0.15) is 0 Å². The lowest BCUT2D eigenvalue weighted by Gasteiger charge is -2.31. The van der Waals surface area contributed by atoms with Gasteiger partial charge >= 0.3 is 0 Å². The summed E-state index contributed by atoms with van der Waals surface area (Å²) in [7, 11) is 0. The highest BCUT2D eigenvalue weighted by molar-refractivity contribution is 6.39. The number of benzene rings is 3. The number of aromatic amines is 1. The molecule has 4 heterocycles. The molecule has 0 aliphatic carbocycles. The average molecular weight is 411 g/mol. The summed E-state index contributed by atoms with van der Waals surface area (Å²) in [6.45, 7) is 5.27. The highest BCUT2D eigenvalue weighted by Gasteiger charge is 2.38. The van der Waals surface area contributed by atoms with Gasteiger partial charge in [0.05, 0.1) is 27.7 Å². The van der Waals surface area contributed by atoms with Gasteiger partial charge in [-0.05, 0) is 35.6 Å². The third-order valence-electron chi connectivity index (χ3n) is 6.85. The first kappa shape index (κ1) is 17.1. The van der Waals surface area contributed by atoms with Crippen LogP contribution in [0.15, 0.2) is 36.4 Å². The molecule has 5 aromatic rings. The fourth-order valence-electron chi connectivity index (χ4n) is 5.84. The first-order valence-corrected chi connectivity index (χ1v) is 10.4. The number of amides is 2. The molecular formula is C25H18FN3O2. The minimum atomic E-state index is -0.399. The Kier molecular flexibility index (Phi) is 2.83. The predicted octanol–water partition coefficient (Wildman–Crippen LogP) is 5.03. The Morgan fingerprint density at radius 1 is 0.968 bits per heavy atom. The Morgan fingerprint density at radius 3 is 2.55 bits per heavy atom. The Morgan fingerprint density at radius 2 is 1.74 bits per heavy atom. The van der Waals surface area contributed by atoms with Crippen molar-refractivity contribution < 1.29 is 14.0 Å². The number of fused-ring (bicyclic) bond motifs is 10. The van der Waals surface area contributed by atoms with Crippen LogP contribution in [-0.2, 0) is 13.0 Å². The summed E-state index contributed by atoms with van der Waals surface area (Å²) < 4.78 is 16.3. The summed E-state index contributed by atoms with van der Waals surface area (Å²) in [4.78, 5) is 29.3. The van der Waals surface area contributed by atoms with Crippen molar-refractivity contribution in [2.24, 2.45) is 5.41 Å². The standard InChI is InChI=1S/C25H18FN3O2/c1-25(2)9-11-4-3-5-14-17-19-18(23(30)28-24(19)31)16-13-7-6-12(26)8-15(13)27-20(16)22(17)29(10-25)21(11)14/h3-8,27H,9-10H2,1-2H3,(H,28,30,31). The van der Waals surface area contributed by atoms with Gasteiger partial charge in [-0.3, -0.25) is 14.9 Å². The van der Waals surface area contributed by atoms with Crippen molar-refractivity contribution >= 4 is 55.4 Å². The van der Waals surface area contributed by atoms with Crippen LogP contribution >= 0.6 is 0 Å². The Balaban J connectivity index is 1.84. The van der Waals surface area contributed by atoms with Gasteiger partial charge in [0.25, 0.3) is 11.8 Å². The summed E-state index contributed by atoms with van der Waals surface area (Å²) in [5, 5.41) is 5.70. The average Bonchev–Trinajstić information content (AvgIpc) is 3.31. The summed E-state index contributed by atoms with van der Waals surface area (Å²) in [6, 6.07) is 10.7. The molecule has 0 unspecified atom stereocenters. The molecule has 31 heavy (non-hydrogen) atoms. The Bertz CT molecular complexity index is 1690. The number of imide groups is 1. The zero-order valence-electron chi connectivity index (χ0n) is 17.0. The SMILES string of the molecule is CC1(C)Cc2cccc3c4c5c(c6c7ccc(F)cc7[nH]c6c4n(c23)C1)C(=O)NC5=O. The molecule has 3 aromatic carbocycles. The monoisotopic (exact) mass is 411 g/mol. The van der Waals surface area contributed by atoms with Crippen LogP contribution in [-0.4, -0.2) is 21.4 Å². The lowest BCUT2D eigenvalue weighted by Crippen LogP contribution is -2.26. The van der Waals surface area contributed by atoms with E-state index in [1.165, 1.54) is 17.7 Å². The van der Waals surface area contributed by atoms with Crippen molar-refractivity contribution in [1.82, 2.24) is 14.9 Å². The number of nitrogens with one attached hydrogen (secondary N) is 2. The van der Waals surface area contributed by atoms with E-state index in [4.69, 9.17) is 0 Å². The lowest BCUT2D eigenvalue weighted by atomic mass is 9.82. The topological polar surface area (TPSA) is 66.9 Å². The van der Waals surface area contributed by atoms with Crippen LogP contribution in [0.2, 0.25) is 0 Å². The normalized spacial score (nSPS) is 17.3. The summed E-state index contributed by atoms with van der Waals surface area (Å²) in [6.07, 6.45) is 0.940. The zero-order valence-corrected chi connectivity index (χ0v) is 17.0. The smallest absolute Gasteiger partial charge is 0.259 e. The quantitative estimate of drug-likeness (QED) is 0.351. The highest BCUT2D eigenvalue weighted by atomic mass is 19.1.